The number of carbonyl (C=O) groups is 1. The molecule has 3 aromatic rings. The van der Waals surface area contributed by atoms with E-state index in [0.717, 1.165) is 5.76 Å². The van der Waals surface area contributed by atoms with Crippen molar-refractivity contribution in [3.8, 4) is 11.5 Å². The van der Waals surface area contributed by atoms with Crippen LogP contribution in [0.1, 0.15) is 5.76 Å². The highest BCUT2D eigenvalue weighted by molar-refractivity contribution is 5.98. The molecular formula is C12H11N5O3. The van der Waals surface area contributed by atoms with Crippen LogP contribution in [0.2, 0.25) is 0 Å². The average molecular weight is 273 g/mol. The van der Waals surface area contributed by atoms with E-state index in [1.165, 1.54) is 12.3 Å². The molecule has 0 aromatic carbocycles. The highest BCUT2D eigenvalue weighted by Gasteiger charge is 2.10. The predicted octanol–water partition coefficient (Wildman–Crippen LogP) is 2.61. The Kier molecular flexibility index (Phi) is 2.96. The number of aryl methyl sites for hydroxylation is 1. The second kappa shape index (κ2) is 4.92. The van der Waals surface area contributed by atoms with Gasteiger partial charge in [0.05, 0.1) is 0 Å². The number of nitrogens with one attached hydrogen (secondary N) is 3. The number of urea groups is 1. The number of hydrogen-bond acceptors (Lipinski definition) is 5. The molecule has 0 fully saturated rings. The van der Waals surface area contributed by atoms with E-state index in [9.17, 15) is 4.79 Å². The zero-order chi connectivity index (χ0) is 13.9. The third kappa shape index (κ3) is 2.53. The Bertz CT molecular complexity index is 713. The summed E-state index contributed by atoms with van der Waals surface area (Å²) < 4.78 is 10.1. The maximum atomic E-state index is 11.6. The zero-order valence-electron chi connectivity index (χ0n) is 10.5. The van der Waals surface area contributed by atoms with Gasteiger partial charge in [0, 0.05) is 12.1 Å². The van der Waals surface area contributed by atoms with E-state index in [4.69, 9.17) is 4.42 Å². The van der Waals surface area contributed by atoms with Crippen LogP contribution in [0.15, 0.2) is 39.5 Å². The van der Waals surface area contributed by atoms with Crippen molar-refractivity contribution in [1.82, 2.24) is 15.4 Å². The van der Waals surface area contributed by atoms with Gasteiger partial charge in [0.1, 0.15) is 17.7 Å². The van der Waals surface area contributed by atoms with Crippen LogP contribution >= 0.6 is 0 Å². The van der Waals surface area contributed by atoms with Gasteiger partial charge in [-0.3, -0.25) is 15.7 Å². The number of aromatic nitrogens is 3. The molecule has 0 unspecified atom stereocenters. The van der Waals surface area contributed by atoms with Gasteiger partial charge in [0.2, 0.25) is 0 Å². The lowest BCUT2D eigenvalue weighted by Crippen LogP contribution is -2.19. The molecule has 3 heterocycles. The minimum Gasteiger partial charge on any atom is -0.460 e. The average Bonchev–Trinajstić information content (AvgIpc) is 3.10. The highest BCUT2D eigenvalue weighted by atomic mass is 16.5. The standard InChI is InChI=1S/C12H11N5O3/c1-7-2-3-9(20-7)8-6-11(16-15-8)14-12(18)13-10-4-5-19-17-10/h2-6H,1H3,(H3,13,14,15,16,17,18). The van der Waals surface area contributed by atoms with E-state index < -0.39 is 6.03 Å². The van der Waals surface area contributed by atoms with Crippen molar-refractivity contribution in [3.63, 3.8) is 0 Å². The molecule has 0 aliphatic rings. The Hall–Kier alpha value is -3.03. The van der Waals surface area contributed by atoms with Crippen LogP contribution < -0.4 is 10.6 Å². The number of rotatable bonds is 3. The second-order valence-electron chi connectivity index (χ2n) is 4.04. The first kappa shape index (κ1) is 12.0. The van der Waals surface area contributed by atoms with Gasteiger partial charge in [-0.25, -0.2) is 4.79 Å². The first-order valence-electron chi connectivity index (χ1n) is 5.81. The van der Waals surface area contributed by atoms with Crippen LogP contribution in [-0.2, 0) is 0 Å². The van der Waals surface area contributed by atoms with E-state index in [1.807, 2.05) is 19.1 Å². The van der Waals surface area contributed by atoms with Gasteiger partial charge in [-0.2, -0.15) is 5.10 Å². The third-order valence-corrected chi connectivity index (χ3v) is 2.50. The van der Waals surface area contributed by atoms with Crippen LogP contribution in [0.5, 0.6) is 0 Å². The van der Waals surface area contributed by atoms with Crippen LogP contribution in [0.3, 0.4) is 0 Å². The molecule has 0 bridgehead atoms. The Morgan fingerprint density at radius 1 is 1.25 bits per heavy atom. The normalized spacial score (nSPS) is 10.4. The Morgan fingerprint density at radius 3 is 2.80 bits per heavy atom. The monoisotopic (exact) mass is 273 g/mol. The van der Waals surface area contributed by atoms with Gasteiger partial charge in [0.15, 0.2) is 17.4 Å². The summed E-state index contributed by atoms with van der Waals surface area (Å²) in [5, 5.41) is 15.4. The number of furan rings is 1. The maximum Gasteiger partial charge on any atom is 0.326 e. The summed E-state index contributed by atoms with van der Waals surface area (Å²) in [6.45, 7) is 1.85. The van der Waals surface area contributed by atoms with Gasteiger partial charge in [-0.05, 0) is 19.1 Å². The number of aromatic amines is 1. The van der Waals surface area contributed by atoms with Crippen molar-refractivity contribution in [3.05, 3.63) is 36.3 Å². The fraction of sp³-hybridized carbons (Fsp3) is 0.0833. The van der Waals surface area contributed by atoms with E-state index in [1.54, 1.807) is 6.07 Å². The topological polar surface area (TPSA) is 109 Å². The number of nitrogens with zero attached hydrogens (tertiary/aromatic N) is 2. The predicted molar refractivity (Wildman–Crippen MR) is 70.2 cm³/mol. The van der Waals surface area contributed by atoms with Crippen LogP contribution in [0.4, 0.5) is 16.4 Å². The van der Waals surface area contributed by atoms with Crippen molar-refractivity contribution >= 4 is 17.7 Å². The lowest BCUT2D eigenvalue weighted by molar-refractivity contribution is 0.262. The molecule has 8 heteroatoms. The molecule has 0 aliphatic carbocycles. The first-order chi connectivity index (χ1) is 9.70. The van der Waals surface area contributed by atoms with Crippen molar-refractivity contribution in [2.24, 2.45) is 0 Å². The van der Waals surface area contributed by atoms with Crippen LogP contribution in [-0.4, -0.2) is 21.4 Å². The molecule has 0 atom stereocenters. The molecular weight excluding hydrogens is 262 g/mol. The molecule has 3 N–H and O–H groups in total. The molecule has 0 saturated carbocycles. The Labute approximate surface area is 113 Å². The number of amides is 2. The highest BCUT2D eigenvalue weighted by Crippen LogP contribution is 2.21. The summed E-state index contributed by atoms with van der Waals surface area (Å²) in [5.74, 6) is 2.14. The number of carbonyl (C=O) groups excluding carboxylic acids is 1. The summed E-state index contributed by atoms with van der Waals surface area (Å²) in [6.07, 6.45) is 1.36. The molecule has 102 valence electrons. The SMILES string of the molecule is Cc1ccc(-c2cc(NC(=O)Nc3ccon3)n[nH]2)o1. The summed E-state index contributed by atoms with van der Waals surface area (Å²) in [5.41, 5.74) is 0.676. The lowest BCUT2D eigenvalue weighted by atomic mass is 10.3. The number of H-pyrrole nitrogens is 1. The van der Waals surface area contributed by atoms with Gasteiger partial charge in [0.25, 0.3) is 0 Å². The first-order valence-corrected chi connectivity index (χ1v) is 5.81. The van der Waals surface area contributed by atoms with Gasteiger partial charge < -0.3 is 8.94 Å². The largest absolute Gasteiger partial charge is 0.460 e. The summed E-state index contributed by atoms with van der Waals surface area (Å²) >= 11 is 0. The molecule has 8 nitrogen and oxygen atoms in total. The molecule has 2 amide bonds. The quantitative estimate of drug-likeness (QED) is 0.679. The van der Waals surface area contributed by atoms with Crippen molar-refractivity contribution < 1.29 is 13.7 Å². The fourth-order valence-corrected chi connectivity index (χ4v) is 1.63. The van der Waals surface area contributed by atoms with Crippen molar-refractivity contribution in [1.29, 1.82) is 0 Å². The van der Waals surface area contributed by atoms with Crippen LogP contribution in [0, 0.1) is 6.92 Å². The second-order valence-corrected chi connectivity index (χ2v) is 4.04. The fourth-order valence-electron chi connectivity index (χ4n) is 1.63. The van der Waals surface area contributed by atoms with E-state index >= 15 is 0 Å². The summed E-state index contributed by atoms with van der Waals surface area (Å²) in [4.78, 5) is 11.6. The smallest absolute Gasteiger partial charge is 0.326 e. The zero-order valence-corrected chi connectivity index (χ0v) is 10.5. The lowest BCUT2D eigenvalue weighted by Gasteiger charge is -2.00. The Balaban J connectivity index is 1.66. The van der Waals surface area contributed by atoms with Gasteiger partial charge in [-0.15, -0.1) is 0 Å². The Morgan fingerprint density at radius 2 is 2.10 bits per heavy atom. The molecule has 0 radical (unpaired) electrons. The molecule has 0 spiro atoms. The molecule has 0 aliphatic heterocycles. The van der Waals surface area contributed by atoms with Crippen molar-refractivity contribution in [2.75, 3.05) is 10.6 Å². The molecule has 3 rings (SSSR count). The van der Waals surface area contributed by atoms with Gasteiger partial charge >= 0.3 is 6.03 Å². The minimum absolute atomic E-state index is 0.319. The van der Waals surface area contributed by atoms with Crippen molar-refractivity contribution in [2.45, 2.75) is 6.92 Å². The summed E-state index contributed by atoms with van der Waals surface area (Å²) in [6, 6.07) is 6.40. The van der Waals surface area contributed by atoms with Gasteiger partial charge in [-0.1, -0.05) is 5.16 Å². The third-order valence-electron chi connectivity index (χ3n) is 2.50. The number of hydrogen-bond donors (Lipinski definition) is 3. The molecule has 3 aromatic heterocycles. The van der Waals surface area contributed by atoms with E-state index in [0.29, 0.717) is 23.1 Å². The summed E-state index contributed by atoms with van der Waals surface area (Å²) in [7, 11) is 0. The maximum absolute atomic E-state index is 11.6. The number of anilines is 2. The minimum atomic E-state index is -0.465. The molecule has 20 heavy (non-hydrogen) atoms. The molecule has 0 saturated heterocycles. The van der Waals surface area contributed by atoms with Crippen LogP contribution in [0.25, 0.3) is 11.5 Å². The van der Waals surface area contributed by atoms with E-state index in [-0.39, 0.29) is 0 Å². The van der Waals surface area contributed by atoms with E-state index in [2.05, 4.69) is 30.5 Å².